The molecule has 0 aliphatic carbocycles. The summed E-state index contributed by atoms with van der Waals surface area (Å²) in [6.07, 6.45) is 6.77. The fourth-order valence-electron chi connectivity index (χ4n) is 3.31. The predicted octanol–water partition coefficient (Wildman–Crippen LogP) is 1.54. The molecular formula is C14H29N3. The molecule has 0 aromatic heterocycles. The molecule has 3 nitrogen and oxygen atoms in total. The van der Waals surface area contributed by atoms with E-state index < -0.39 is 0 Å². The Kier molecular flexibility index (Phi) is 5.26. The van der Waals surface area contributed by atoms with E-state index in [1.54, 1.807) is 0 Å². The molecule has 17 heavy (non-hydrogen) atoms. The zero-order valence-corrected chi connectivity index (χ0v) is 11.6. The topological polar surface area (TPSA) is 18.5 Å². The van der Waals surface area contributed by atoms with Crippen molar-refractivity contribution in [2.75, 3.05) is 39.8 Å². The average Bonchev–Trinajstić information content (AvgIpc) is 2.83. The maximum absolute atomic E-state index is 3.60. The largest absolute Gasteiger partial charge is 0.313 e. The Balaban J connectivity index is 1.68. The number of hydrogen-bond acceptors (Lipinski definition) is 3. The summed E-state index contributed by atoms with van der Waals surface area (Å²) in [5.74, 6) is 0. The van der Waals surface area contributed by atoms with Crippen LogP contribution >= 0.6 is 0 Å². The minimum absolute atomic E-state index is 0.758. The lowest BCUT2D eigenvalue weighted by Crippen LogP contribution is -2.46. The van der Waals surface area contributed by atoms with Crippen LogP contribution in [0.4, 0.5) is 0 Å². The van der Waals surface area contributed by atoms with Gasteiger partial charge in [0.2, 0.25) is 0 Å². The Hall–Kier alpha value is -0.120. The maximum atomic E-state index is 3.60. The van der Waals surface area contributed by atoms with E-state index in [1.165, 1.54) is 64.8 Å². The first-order valence-electron chi connectivity index (χ1n) is 7.45. The summed E-state index contributed by atoms with van der Waals surface area (Å²) in [7, 11) is 2.32. The van der Waals surface area contributed by atoms with Crippen molar-refractivity contribution >= 4 is 0 Å². The Morgan fingerprint density at radius 2 is 2.00 bits per heavy atom. The van der Waals surface area contributed by atoms with Gasteiger partial charge in [0.15, 0.2) is 0 Å². The van der Waals surface area contributed by atoms with Gasteiger partial charge in [-0.3, -0.25) is 0 Å². The molecule has 100 valence electrons. The van der Waals surface area contributed by atoms with Crippen LogP contribution in [0.2, 0.25) is 0 Å². The lowest BCUT2D eigenvalue weighted by Gasteiger charge is -2.37. The van der Waals surface area contributed by atoms with E-state index in [9.17, 15) is 0 Å². The first-order chi connectivity index (χ1) is 8.29. The van der Waals surface area contributed by atoms with Crippen LogP contribution in [-0.2, 0) is 0 Å². The van der Waals surface area contributed by atoms with E-state index in [2.05, 4.69) is 29.1 Å². The van der Waals surface area contributed by atoms with Gasteiger partial charge in [0.1, 0.15) is 0 Å². The summed E-state index contributed by atoms with van der Waals surface area (Å²) < 4.78 is 0. The SMILES string of the molecule is CCCN1CCC(N(C)CC2CCCN2)CC1. The van der Waals surface area contributed by atoms with Crippen LogP contribution < -0.4 is 5.32 Å². The van der Waals surface area contributed by atoms with Gasteiger partial charge in [0.05, 0.1) is 0 Å². The minimum Gasteiger partial charge on any atom is -0.313 e. The van der Waals surface area contributed by atoms with Crippen molar-refractivity contribution in [3.8, 4) is 0 Å². The number of likely N-dealkylation sites (N-methyl/N-ethyl adjacent to an activating group) is 1. The highest BCUT2D eigenvalue weighted by atomic mass is 15.2. The van der Waals surface area contributed by atoms with E-state index in [4.69, 9.17) is 0 Å². The second kappa shape index (κ2) is 6.72. The van der Waals surface area contributed by atoms with Crippen molar-refractivity contribution in [2.45, 2.75) is 51.1 Å². The maximum Gasteiger partial charge on any atom is 0.0195 e. The Morgan fingerprint density at radius 1 is 1.24 bits per heavy atom. The molecule has 0 aromatic rings. The van der Waals surface area contributed by atoms with Gasteiger partial charge in [-0.05, 0) is 65.3 Å². The molecule has 0 bridgehead atoms. The van der Waals surface area contributed by atoms with Gasteiger partial charge in [-0.1, -0.05) is 6.92 Å². The van der Waals surface area contributed by atoms with Crippen LogP contribution in [0.15, 0.2) is 0 Å². The number of piperidine rings is 1. The Labute approximate surface area is 107 Å². The molecule has 0 radical (unpaired) electrons. The average molecular weight is 239 g/mol. The molecule has 2 heterocycles. The molecule has 2 aliphatic heterocycles. The Bertz CT molecular complexity index is 206. The van der Waals surface area contributed by atoms with E-state index in [-0.39, 0.29) is 0 Å². The quantitative estimate of drug-likeness (QED) is 0.785. The lowest BCUT2D eigenvalue weighted by molar-refractivity contribution is 0.122. The van der Waals surface area contributed by atoms with Crippen LogP contribution in [0, 0.1) is 0 Å². The van der Waals surface area contributed by atoms with Gasteiger partial charge in [-0.2, -0.15) is 0 Å². The molecule has 0 saturated carbocycles. The van der Waals surface area contributed by atoms with Crippen LogP contribution in [-0.4, -0.2) is 61.7 Å². The van der Waals surface area contributed by atoms with E-state index in [1.807, 2.05) is 0 Å². The van der Waals surface area contributed by atoms with Crippen molar-refractivity contribution in [1.82, 2.24) is 15.1 Å². The molecule has 1 unspecified atom stereocenters. The van der Waals surface area contributed by atoms with Crippen molar-refractivity contribution in [1.29, 1.82) is 0 Å². The predicted molar refractivity (Wildman–Crippen MR) is 73.4 cm³/mol. The second-order valence-corrected chi connectivity index (χ2v) is 5.81. The van der Waals surface area contributed by atoms with Crippen molar-refractivity contribution in [3.05, 3.63) is 0 Å². The number of rotatable bonds is 5. The standard InChI is InChI=1S/C14H29N3/c1-3-9-17-10-6-14(7-11-17)16(2)12-13-5-4-8-15-13/h13-15H,3-12H2,1-2H3. The highest BCUT2D eigenvalue weighted by Gasteiger charge is 2.24. The van der Waals surface area contributed by atoms with Gasteiger partial charge in [0, 0.05) is 18.6 Å². The molecule has 1 atom stereocenters. The third-order valence-corrected chi connectivity index (χ3v) is 4.39. The van der Waals surface area contributed by atoms with E-state index >= 15 is 0 Å². The second-order valence-electron chi connectivity index (χ2n) is 5.81. The fourth-order valence-corrected chi connectivity index (χ4v) is 3.31. The van der Waals surface area contributed by atoms with Crippen LogP contribution in [0.3, 0.4) is 0 Å². The fraction of sp³-hybridized carbons (Fsp3) is 1.00. The summed E-state index contributed by atoms with van der Waals surface area (Å²) >= 11 is 0. The molecule has 1 N–H and O–H groups in total. The first-order valence-corrected chi connectivity index (χ1v) is 7.45. The zero-order valence-electron chi connectivity index (χ0n) is 11.6. The first kappa shape index (κ1) is 13.3. The normalized spacial score (nSPS) is 28.1. The Morgan fingerprint density at radius 3 is 2.59 bits per heavy atom. The summed E-state index contributed by atoms with van der Waals surface area (Å²) in [5.41, 5.74) is 0. The van der Waals surface area contributed by atoms with Crippen molar-refractivity contribution in [2.24, 2.45) is 0 Å². The monoisotopic (exact) mass is 239 g/mol. The molecule has 0 aromatic carbocycles. The highest BCUT2D eigenvalue weighted by molar-refractivity contribution is 4.83. The van der Waals surface area contributed by atoms with Gasteiger partial charge >= 0.3 is 0 Å². The third kappa shape index (κ3) is 3.94. The van der Waals surface area contributed by atoms with Gasteiger partial charge in [-0.25, -0.2) is 0 Å². The molecular weight excluding hydrogens is 210 g/mol. The number of likely N-dealkylation sites (tertiary alicyclic amines) is 1. The highest BCUT2D eigenvalue weighted by Crippen LogP contribution is 2.17. The third-order valence-electron chi connectivity index (χ3n) is 4.39. The number of nitrogens with one attached hydrogen (secondary N) is 1. The van der Waals surface area contributed by atoms with Crippen molar-refractivity contribution in [3.63, 3.8) is 0 Å². The zero-order chi connectivity index (χ0) is 12.1. The number of hydrogen-bond donors (Lipinski definition) is 1. The van der Waals surface area contributed by atoms with Gasteiger partial charge in [0.25, 0.3) is 0 Å². The van der Waals surface area contributed by atoms with E-state index in [0.717, 1.165) is 12.1 Å². The minimum atomic E-state index is 0.758. The molecule has 2 aliphatic rings. The smallest absolute Gasteiger partial charge is 0.0195 e. The van der Waals surface area contributed by atoms with Gasteiger partial charge < -0.3 is 15.1 Å². The molecule has 0 spiro atoms. The molecule has 2 fully saturated rings. The molecule has 3 heteroatoms. The lowest BCUT2D eigenvalue weighted by atomic mass is 10.0. The summed E-state index contributed by atoms with van der Waals surface area (Å²) in [5, 5.41) is 3.60. The van der Waals surface area contributed by atoms with E-state index in [0.29, 0.717) is 0 Å². The van der Waals surface area contributed by atoms with Gasteiger partial charge in [-0.15, -0.1) is 0 Å². The van der Waals surface area contributed by atoms with Crippen LogP contribution in [0.5, 0.6) is 0 Å². The summed E-state index contributed by atoms with van der Waals surface area (Å²) in [6.45, 7) is 8.67. The molecule has 2 rings (SSSR count). The van der Waals surface area contributed by atoms with Crippen molar-refractivity contribution < 1.29 is 0 Å². The van der Waals surface area contributed by atoms with Crippen LogP contribution in [0.1, 0.15) is 39.0 Å². The van der Waals surface area contributed by atoms with Crippen LogP contribution in [0.25, 0.3) is 0 Å². The molecule has 0 amide bonds. The summed E-state index contributed by atoms with van der Waals surface area (Å²) in [6, 6.07) is 1.58. The summed E-state index contributed by atoms with van der Waals surface area (Å²) in [4.78, 5) is 5.23. The number of nitrogens with zero attached hydrogens (tertiary/aromatic N) is 2. The molecule has 2 saturated heterocycles.